The summed E-state index contributed by atoms with van der Waals surface area (Å²) in [6.07, 6.45) is 1.88. The number of hydrogen-bond acceptors (Lipinski definition) is 5. The SMILES string of the molecule is COc1cc(C)ccc1OCCc1nc2c(s1)CNCC2. The first kappa shape index (κ1) is 14.4. The van der Waals surface area contributed by atoms with Gasteiger partial charge >= 0.3 is 0 Å². The fourth-order valence-corrected chi connectivity index (χ4v) is 3.49. The fraction of sp³-hybridized carbons (Fsp3) is 0.438. The zero-order valence-corrected chi connectivity index (χ0v) is 13.3. The fourth-order valence-electron chi connectivity index (χ4n) is 2.43. The van der Waals surface area contributed by atoms with E-state index in [-0.39, 0.29) is 0 Å². The Morgan fingerprint density at radius 3 is 3.05 bits per heavy atom. The minimum absolute atomic E-state index is 0.624. The summed E-state index contributed by atoms with van der Waals surface area (Å²) in [6.45, 7) is 4.66. The van der Waals surface area contributed by atoms with Gasteiger partial charge in [-0.3, -0.25) is 0 Å². The molecule has 1 aromatic heterocycles. The maximum Gasteiger partial charge on any atom is 0.161 e. The number of aromatic nitrogens is 1. The van der Waals surface area contributed by atoms with Gasteiger partial charge in [-0.05, 0) is 24.6 Å². The van der Waals surface area contributed by atoms with Crippen molar-refractivity contribution in [2.45, 2.75) is 26.3 Å². The first-order valence-electron chi connectivity index (χ1n) is 7.22. The van der Waals surface area contributed by atoms with Crippen molar-refractivity contribution < 1.29 is 9.47 Å². The van der Waals surface area contributed by atoms with Crippen LogP contribution in [-0.4, -0.2) is 25.2 Å². The molecule has 3 rings (SSSR count). The number of benzene rings is 1. The van der Waals surface area contributed by atoms with Crippen LogP contribution in [0.25, 0.3) is 0 Å². The number of nitrogens with zero attached hydrogens (tertiary/aromatic N) is 1. The van der Waals surface area contributed by atoms with Gasteiger partial charge in [-0.2, -0.15) is 0 Å². The molecule has 0 amide bonds. The Bertz CT molecular complexity index is 601. The monoisotopic (exact) mass is 304 g/mol. The van der Waals surface area contributed by atoms with Crippen molar-refractivity contribution >= 4 is 11.3 Å². The van der Waals surface area contributed by atoms with Crippen LogP contribution in [0, 0.1) is 6.92 Å². The van der Waals surface area contributed by atoms with Crippen molar-refractivity contribution in [2.24, 2.45) is 0 Å². The molecular weight excluding hydrogens is 284 g/mol. The molecule has 5 heteroatoms. The van der Waals surface area contributed by atoms with E-state index in [1.54, 1.807) is 18.4 Å². The van der Waals surface area contributed by atoms with Gasteiger partial charge in [0.2, 0.25) is 0 Å². The van der Waals surface area contributed by atoms with Gasteiger partial charge in [0.15, 0.2) is 11.5 Å². The van der Waals surface area contributed by atoms with E-state index in [2.05, 4.69) is 5.32 Å². The normalized spacial score (nSPS) is 13.8. The Kier molecular flexibility index (Phi) is 4.41. The summed E-state index contributed by atoms with van der Waals surface area (Å²) in [7, 11) is 1.67. The molecule has 0 aliphatic carbocycles. The van der Waals surface area contributed by atoms with Gasteiger partial charge in [-0.25, -0.2) is 4.98 Å². The smallest absolute Gasteiger partial charge is 0.161 e. The first-order chi connectivity index (χ1) is 10.3. The van der Waals surface area contributed by atoms with Crippen LogP contribution in [0.2, 0.25) is 0 Å². The Morgan fingerprint density at radius 2 is 2.24 bits per heavy atom. The summed E-state index contributed by atoms with van der Waals surface area (Å²) in [5.74, 6) is 1.59. The number of fused-ring (bicyclic) bond motifs is 1. The second-order valence-electron chi connectivity index (χ2n) is 5.16. The van der Waals surface area contributed by atoms with Crippen molar-refractivity contribution in [3.8, 4) is 11.5 Å². The molecule has 0 radical (unpaired) electrons. The number of hydrogen-bond donors (Lipinski definition) is 1. The van der Waals surface area contributed by atoms with Gasteiger partial charge in [-0.15, -0.1) is 11.3 Å². The molecule has 0 atom stereocenters. The molecule has 0 spiro atoms. The van der Waals surface area contributed by atoms with E-state index in [9.17, 15) is 0 Å². The van der Waals surface area contributed by atoms with E-state index >= 15 is 0 Å². The van der Waals surface area contributed by atoms with E-state index in [1.165, 1.54) is 16.1 Å². The van der Waals surface area contributed by atoms with Crippen molar-refractivity contribution in [3.63, 3.8) is 0 Å². The molecule has 2 heterocycles. The van der Waals surface area contributed by atoms with Crippen LogP contribution < -0.4 is 14.8 Å². The van der Waals surface area contributed by atoms with Crippen LogP contribution in [0.3, 0.4) is 0 Å². The standard InChI is InChI=1S/C16H20N2O2S/c1-11-3-4-13(14(9-11)19-2)20-8-6-16-18-12-5-7-17-10-15(12)21-16/h3-4,9,17H,5-8,10H2,1-2H3. The number of aryl methyl sites for hydroxylation is 1. The molecular formula is C16H20N2O2S. The molecule has 1 aliphatic rings. The molecule has 0 bridgehead atoms. The van der Waals surface area contributed by atoms with Gasteiger partial charge in [0.1, 0.15) is 0 Å². The number of ether oxygens (including phenoxy) is 2. The number of methoxy groups -OCH3 is 1. The average molecular weight is 304 g/mol. The molecule has 0 unspecified atom stereocenters. The third-order valence-electron chi connectivity index (χ3n) is 3.54. The maximum atomic E-state index is 5.85. The van der Waals surface area contributed by atoms with Crippen LogP contribution in [0.5, 0.6) is 11.5 Å². The lowest BCUT2D eigenvalue weighted by Crippen LogP contribution is -2.22. The minimum atomic E-state index is 0.624. The van der Waals surface area contributed by atoms with Crippen molar-refractivity contribution in [2.75, 3.05) is 20.3 Å². The lowest BCUT2D eigenvalue weighted by atomic mass is 10.2. The van der Waals surface area contributed by atoms with Crippen LogP contribution in [0.15, 0.2) is 18.2 Å². The third kappa shape index (κ3) is 3.36. The zero-order valence-electron chi connectivity index (χ0n) is 12.4. The minimum Gasteiger partial charge on any atom is -0.493 e. The highest BCUT2D eigenvalue weighted by atomic mass is 32.1. The topological polar surface area (TPSA) is 43.4 Å². The Morgan fingerprint density at radius 1 is 1.33 bits per heavy atom. The van der Waals surface area contributed by atoms with Gasteiger partial charge in [0.25, 0.3) is 0 Å². The Hall–Kier alpha value is -1.59. The van der Waals surface area contributed by atoms with E-state index in [4.69, 9.17) is 14.5 Å². The molecule has 21 heavy (non-hydrogen) atoms. The summed E-state index contributed by atoms with van der Waals surface area (Å²) in [4.78, 5) is 6.08. The predicted molar refractivity (Wildman–Crippen MR) is 84.5 cm³/mol. The lowest BCUT2D eigenvalue weighted by Gasteiger charge is -2.10. The largest absolute Gasteiger partial charge is 0.493 e. The molecule has 1 N–H and O–H groups in total. The summed E-state index contributed by atoms with van der Waals surface area (Å²) in [5.41, 5.74) is 2.43. The maximum absolute atomic E-state index is 5.85. The van der Waals surface area contributed by atoms with Crippen LogP contribution >= 0.6 is 11.3 Å². The molecule has 0 fully saturated rings. The highest BCUT2D eigenvalue weighted by molar-refractivity contribution is 7.11. The Balaban J connectivity index is 1.60. The second kappa shape index (κ2) is 6.45. The second-order valence-corrected chi connectivity index (χ2v) is 6.33. The zero-order chi connectivity index (χ0) is 14.7. The van der Waals surface area contributed by atoms with E-state index < -0.39 is 0 Å². The van der Waals surface area contributed by atoms with E-state index in [0.717, 1.165) is 42.4 Å². The van der Waals surface area contributed by atoms with Crippen molar-refractivity contribution in [1.82, 2.24) is 10.3 Å². The summed E-state index contributed by atoms with van der Waals surface area (Å²) in [6, 6.07) is 5.99. The molecule has 4 nitrogen and oxygen atoms in total. The van der Waals surface area contributed by atoms with E-state index in [1.807, 2.05) is 25.1 Å². The quantitative estimate of drug-likeness (QED) is 0.922. The third-order valence-corrected chi connectivity index (χ3v) is 4.70. The van der Waals surface area contributed by atoms with Crippen LogP contribution in [0.1, 0.15) is 21.1 Å². The molecule has 0 saturated heterocycles. The lowest BCUT2D eigenvalue weighted by molar-refractivity contribution is 0.297. The molecule has 1 aromatic carbocycles. The summed E-state index contributed by atoms with van der Waals surface area (Å²) in [5, 5.41) is 4.54. The van der Waals surface area contributed by atoms with Crippen molar-refractivity contribution in [1.29, 1.82) is 0 Å². The van der Waals surface area contributed by atoms with Gasteiger partial charge < -0.3 is 14.8 Å². The number of rotatable bonds is 5. The van der Waals surface area contributed by atoms with Gasteiger partial charge in [0.05, 0.1) is 24.4 Å². The van der Waals surface area contributed by atoms with E-state index in [0.29, 0.717) is 6.61 Å². The van der Waals surface area contributed by atoms with Crippen LogP contribution in [-0.2, 0) is 19.4 Å². The molecule has 112 valence electrons. The van der Waals surface area contributed by atoms with Gasteiger partial charge in [-0.1, -0.05) is 6.07 Å². The van der Waals surface area contributed by atoms with Gasteiger partial charge in [0, 0.05) is 30.8 Å². The summed E-state index contributed by atoms with van der Waals surface area (Å²) < 4.78 is 11.2. The van der Waals surface area contributed by atoms with Crippen LogP contribution in [0.4, 0.5) is 0 Å². The first-order valence-corrected chi connectivity index (χ1v) is 8.03. The highest BCUT2D eigenvalue weighted by Gasteiger charge is 2.14. The summed E-state index contributed by atoms with van der Waals surface area (Å²) >= 11 is 1.80. The molecule has 1 aliphatic heterocycles. The molecule has 2 aromatic rings. The number of nitrogens with one attached hydrogen (secondary N) is 1. The molecule has 0 saturated carbocycles. The average Bonchev–Trinajstić information content (AvgIpc) is 2.91. The van der Waals surface area contributed by atoms with Crippen molar-refractivity contribution in [3.05, 3.63) is 39.3 Å². The Labute approximate surface area is 129 Å². The highest BCUT2D eigenvalue weighted by Crippen LogP contribution is 2.28. The number of thiazole rings is 1. The predicted octanol–water partition coefficient (Wildman–Crippen LogP) is 2.73.